The van der Waals surface area contributed by atoms with Gasteiger partial charge in [-0.2, -0.15) is 9.78 Å². The third-order valence-corrected chi connectivity index (χ3v) is 4.58. The number of ether oxygens (including phenoxy) is 1. The number of rotatable bonds is 4. The summed E-state index contributed by atoms with van der Waals surface area (Å²) in [5.74, 6) is -0.342. The number of nitrogens with zero attached hydrogens (tertiary/aromatic N) is 2. The van der Waals surface area contributed by atoms with Crippen LogP contribution in [0.15, 0.2) is 77.7 Å². The number of aromatic nitrogens is 2. The van der Waals surface area contributed by atoms with Gasteiger partial charge in [-0.05, 0) is 48.9 Å². The molecule has 0 aliphatic carbocycles. The predicted molar refractivity (Wildman–Crippen MR) is 113 cm³/mol. The Morgan fingerprint density at radius 3 is 2.40 bits per heavy atom. The molecular formula is C23H18FN3O3. The number of hydrogen-bond donors (Lipinski definition) is 2. The van der Waals surface area contributed by atoms with E-state index in [0.717, 1.165) is 11.6 Å². The van der Waals surface area contributed by atoms with Gasteiger partial charge in [0.2, 0.25) is 5.75 Å². The minimum absolute atomic E-state index is 0.0389. The van der Waals surface area contributed by atoms with E-state index in [1.165, 1.54) is 23.0 Å². The minimum atomic E-state index is -0.519. The van der Waals surface area contributed by atoms with Crippen LogP contribution >= 0.6 is 0 Å². The van der Waals surface area contributed by atoms with Crippen molar-refractivity contribution in [3.05, 3.63) is 94.7 Å². The van der Waals surface area contributed by atoms with Crippen LogP contribution in [0, 0.1) is 12.7 Å². The SMILES string of the molecule is Cc1ccc(-n2ncc(N)c(Oc3ccc(-c4ccc(F)cc4O)cc3)c2=O)cc1. The molecule has 3 aromatic carbocycles. The van der Waals surface area contributed by atoms with Gasteiger partial charge in [0.25, 0.3) is 0 Å². The number of phenols is 1. The first-order valence-electron chi connectivity index (χ1n) is 9.14. The Bertz CT molecular complexity index is 1270. The highest BCUT2D eigenvalue weighted by Crippen LogP contribution is 2.32. The lowest BCUT2D eigenvalue weighted by molar-refractivity contribution is 0.469. The number of benzene rings is 3. The fourth-order valence-electron chi connectivity index (χ4n) is 2.99. The van der Waals surface area contributed by atoms with Gasteiger partial charge in [-0.15, -0.1) is 0 Å². The van der Waals surface area contributed by atoms with E-state index in [0.29, 0.717) is 22.6 Å². The third kappa shape index (κ3) is 3.73. The van der Waals surface area contributed by atoms with Crippen molar-refractivity contribution < 1.29 is 14.2 Å². The zero-order valence-electron chi connectivity index (χ0n) is 16.0. The summed E-state index contributed by atoms with van der Waals surface area (Å²) in [6, 6.07) is 17.8. The summed E-state index contributed by atoms with van der Waals surface area (Å²) in [7, 11) is 0. The smallest absolute Gasteiger partial charge is 0.316 e. The van der Waals surface area contributed by atoms with Crippen molar-refractivity contribution in [1.29, 1.82) is 0 Å². The Balaban J connectivity index is 1.65. The lowest BCUT2D eigenvalue weighted by Crippen LogP contribution is -2.23. The first kappa shape index (κ1) is 19.2. The Morgan fingerprint density at radius 1 is 1.03 bits per heavy atom. The molecule has 0 spiro atoms. The number of halogens is 1. The topological polar surface area (TPSA) is 90.4 Å². The van der Waals surface area contributed by atoms with Crippen LogP contribution < -0.4 is 16.0 Å². The number of aromatic hydroxyl groups is 1. The minimum Gasteiger partial charge on any atom is -0.507 e. The summed E-state index contributed by atoms with van der Waals surface area (Å²) in [6.07, 6.45) is 1.36. The number of hydrogen-bond acceptors (Lipinski definition) is 5. The molecule has 0 radical (unpaired) electrons. The van der Waals surface area contributed by atoms with E-state index >= 15 is 0 Å². The van der Waals surface area contributed by atoms with Crippen molar-refractivity contribution in [2.45, 2.75) is 6.92 Å². The summed E-state index contributed by atoms with van der Waals surface area (Å²) in [6.45, 7) is 1.95. The van der Waals surface area contributed by atoms with Crippen molar-refractivity contribution in [3.8, 4) is 34.1 Å². The molecule has 1 aromatic heterocycles. The number of nitrogen functional groups attached to an aromatic ring is 1. The Labute approximate surface area is 171 Å². The molecule has 1 heterocycles. The number of anilines is 1. The van der Waals surface area contributed by atoms with Gasteiger partial charge < -0.3 is 15.6 Å². The molecule has 150 valence electrons. The lowest BCUT2D eigenvalue weighted by atomic mass is 10.0. The van der Waals surface area contributed by atoms with E-state index in [-0.39, 0.29) is 17.2 Å². The maximum absolute atomic E-state index is 13.2. The van der Waals surface area contributed by atoms with E-state index < -0.39 is 11.4 Å². The van der Waals surface area contributed by atoms with Crippen LogP contribution in [0.3, 0.4) is 0 Å². The van der Waals surface area contributed by atoms with Crippen molar-refractivity contribution >= 4 is 5.69 Å². The van der Waals surface area contributed by atoms with Crippen LogP contribution in [-0.2, 0) is 0 Å². The first-order valence-corrected chi connectivity index (χ1v) is 9.14. The second-order valence-electron chi connectivity index (χ2n) is 6.77. The molecule has 0 saturated heterocycles. The van der Waals surface area contributed by atoms with Crippen LogP contribution in [-0.4, -0.2) is 14.9 Å². The van der Waals surface area contributed by atoms with E-state index in [4.69, 9.17) is 10.5 Å². The second-order valence-corrected chi connectivity index (χ2v) is 6.77. The molecule has 0 fully saturated rings. The molecular weight excluding hydrogens is 385 g/mol. The molecule has 0 amide bonds. The van der Waals surface area contributed by atoms with Gasteiger partial charge >= 0.3 is 5.56 Å². The Hall–Kier alpha value is -4.13. The number of aryl methyl sites for hydroxylation is 1. The average molecular weight is 403 g/mol. The molecule has 6 nitrogen and oxygen atoms in total. The maximum atomic E-state index is 13.2. The summed E-state index contributed by atoms with van der Waals surface area (Å²) >= 11 is 0. The second kappa shape index (κ2) is 7.71. The molecule has 0 unspecified atom stereocenters. The molecule has 0 aliphatic heterocycles. The molecule has 0 atom stereocenters. The van der Waals surface area contributed by atoms with E-state index in [1.54, 1.807) is 36.4 Å². The van der Waals surface area contributed by atoms with Crippen molar-refractivity contribution in [2.75, 3.05) is 5.73 Å². The summed E-state index contributed by atoms with van der Waals surface area (Å²) in [4.78, 5) is 12.9. The molecule has 3 N–H and O–H groups in total. The quantitative estimate of drug-likeness (QED) is 0.526. The number of nitrogens with two attached hydrogens (primary N) is 1. The number of phenolic OH excluding ortho intramolecular Hbond substituents is 1. The van der Waals surface area contributed by atoms with E-state index in [9.17, 15) is 14.3 Å². The molecule has 0 saturated carbocycles. The van der Waals surface area contributed by atoms with Crippen LogP contribution in [0.2, 0.25) is 0 Å². The van der Waals surface area contributed by atoms with E-state index in [2.05, 4.69) is 5.10 Å². The van der Waals surface area contributed by atoms with Crippen LogP contribution in [0.5, 0.6) is 17.2 Å². The normalized spacial score (nSPS) is 10.7. The highest BCUT2D eigenvalue weighted by atomic mass is 19.1. The highest BCUT2D eigenvalue weighted by molar-refractivity contribution is 5.70. The van der Waals surface area contributed by atoms with Crippen molar-refractivity contribution in [2.24, 2.45) is 0 Å². The average Bonchev–Trinajstić information content (AvgIpc) is 2.73. The molecule has 7 heteroatoms. The third-order valence-electron chi connectivity index (χ3n) is 4.58. The van der Waals surface area contributed by atoms with Crippen molar-refractivity contribution in [3.63, 3.8) is 0 Å². The standard InChI is InChI=1S/C23H18FN3O3/c1-14-2-7-17(8-3-14)27-23(29)22(20(25)13-26-27)30-18-9-4-15(5-10-18)19-11-6-16(24)12-21(19)28/h2-13,28H,25H2,1H3. The Kier molecular flexibility index (Phi) is 4.93. The molecule has 4 aromatic rings. The van der Waals surface area contributed by atoms with E-state index in [1.807, 2.05) is 19.1 Å². The maximum Gasteiger partial charge on any atom is 0.316 e. The molecule has 30 heavy (non-hydrogen) atoms. The van der Waals surface area contributed by atoms with Gasteiger partial charge in [0.1, 0.15) is 23.0 Å². The monoisotopic (exact) mass is 403 g/mol. The molecule has 0 bridgehead atoms. The fourth-order valence-corrected chi connectivity index (χ4v) is 2.99. The van der Waals surface area contributed by atoms with Gasteiger partial charge in [0, 0.05) is 11.6 Å². The van der Waals surface area contributed by atoms with Crippen LogP contribution in [0.25, 0.3) is 16.8 Å². The summed E-state index contributed by atoms with van der Waals surface area (Å²) in [5.41, 5.74) is 8.36. The predicted octanol–water partition coefficient (Wildman–Crippen LogP) is 4.43. The fraction of sp³-hybridized carbons (Fsp3) is 0.0435. The molecule has 0 aliphatic rings. The first-order chi connectivity index (χ1) is 14.4. The van der Waals surface area contributed by atoms with Crippen molar-refractivity contribution in [1.82, 2.24) is 9.78 Å². The lowest BCUT2D eigenvalue weighted by Gasteiger charge is -2.11. The zero-order chi connectivity index (χ0) is 21.3. The van der Waals surface area contributed by atoms with Gasteiger partial charge in [-0.3, -0.25) is 4.79 Å². The highest BCUT2D eigenvalue weighted by Gasteiger charge is 2.14. The zero-order valence-corrected chi connectivity index (χ0v) is 16.0. The Morgan fingerprint density at radius 2 is 1.73 bits per heavy atom. The van der Waals surface area contributed by atoms with Gasteiger partial charge in [-0.25, -0.2) is 4.39 Å². The van der Waals surface area contributed by atoms with Gasteiger partial charge in [-0.1, -0.05) is 29.8 Å². The van der Waals surface area contributed by atoms with Gasteiger partial charge in [0.05, 0.1) is 11.9 Å². The van der Waals surface area contributed by atoms with Crippen LogP contribution in [0.1, 0.15) is 5.56 Å². The summed E-state index contributed by atoms with van der Waals surface area (Å²) < 4.78 is 20.2. The largest absolute Gasteiger partial charge is 0.507 e. The molecule has 4 rings (SSSR count). The summed E-state index contributed by atoms with van der Waals surface area (Å²) in [5, 5.41) is 14.0. The van der Waals surface area contributed by atoms with Gasteiger partial charge in [0.15, 0.2) is 0 Å². The van der Waals surface area contributed by atoms with Crippen LogP contribution in [0.4, 0.5) is 10.1 Å².